The van der Waals surface area contributed by atoms with Crippen LogP contribution in [0.15, 0.2) is 17.1 Å². The first-order valence-electron chi connectivity index (χ1n) is 1.76. The fourth-order valence-electron chi connectivity index (χ4n) is 0.293. The predicted octanol–water partition coefficient (Wildman–Crippen LogP) is 0.933. The maximum Gasteiger partial charge on any atom is 0.121 e. The van der Waals surface area contributed by atoms with E-state index in [9.17, 15) is 0 Å². The molecular formula is C5H4N. The van der Waals surface area contributed by atoms with Gasteiger partial charge in [0.15, 0.2) is 0 Å². The van der Waals surface area contributed by atoms with Gasteiger partial charge in [-0.1, -0.05) is 6.58 Å². The molecule has 29 valence electrons. The molecule has 1 heteroatoms. The van der Waals surface area contributed by atoms with Crippen molar-refractivity contribution in [3.8, 4) is 0 Å². The van der Waals surface area contributed by atoms with E-state index in [4.69, 9.17) is 0 Å². The number of hydrogen-bond acceptors (Lipinski definition) is 1. The monoisotopic (exact) mass is 78.0 g/mol. The summed E-state index contributed by atoms with van der Waals surface area (Å²) in [6.45, 7) is 6.27. The minimum Gasteiger partial charge on any atom is -0.270 e. The maximum absolute atomic E-state index is 3.59. The molecule has 0 N–H and O–H groups in total. The van der Waals surface area contributed by atoms with E-state index in [1.165, 1.54) is 0 Å². The molecule has 0 aliphatic carbocycles. The lowest BCUT2D eigenvalue weighted by Gasteiger charge is -1.73. The summed E-state index contributed by atoms with van der Waals surface area (Å²) in [4.78, 5) is 3.56. The number of nitrogens with zero attached hydrogens (tertiary/aromatic N) is 1. The van der Waals surface area contributed by atoms with Crippen LogP contribution < -0.4 is 0 Å². The molecule has 0 unspecified atom stereocenters. The summed E-state index contributed by atoms with van der Waals surface area (Å²) in [6.07, 6.45) is 3.40. The Kier molecular flexibility index (Phi) is 0.748. The molecule has 0 saturated heterocycles. The highest BCUT2D eigenvalue weighted by Gasteiger charge is 1.96. The van der Waals surface area contributed by atoms with Gasteiger partial charge in [-0.15, -0.1) is 0 Å². The van der Waals surface area contributed by atoms with Gasteiger partial charge in [0.05, 0.1) is 6.21 Å². The van der Waals surface area contributed by atoms with Crippen LogP contribution in [-0.2, 0) is 0 Å². The zero-order chi connectivity index (χ0) is 4.41. The Morgan fingerprint density at radius 1 is 1.83 bits per heavy atom. The third-order valence-corrected chi connectivity index (χ3v) is 0.586. The number of hydrogen-bond donors (Lipinski definition) is 0. The Hall–Kier alpha value is -0.590. The van der Waals surface area contributed by atoms with E-state index in [1.54, 1.807) is 0 Å². The van der Waals surface area contributed by atoms with Crippen LogP contribution in [0, 0.1) is 6.54 Å². The predicted molar refractivity (Wildman–Crippen MR) is 24.4 cm³/mol. The molecule has 1 nitrogen and oxygen atoms in total. The molecule has 1 aliphatic rings. The fraction of sp³-hybridized carbons (Fsp3) is 0.200. The van der Waals surface area contributed by atoms with Gasteiger partial charge >= 0.3 is 0 Å². The molecule has 0 amide bonds. The summed E-state index contributed by atoms with van der Waals surface area (Å²) < 4.78 is 0. The first-order chi connectivity index (χ1) is 2.89. The zero-order valence-corrected chi connectivity index (χ0v) is 3.36. The average molecular weight is 78.1 g/mol. The van der Waals surface area contributed by atoms with Gasteiger partial charge in [-0.3, -0.25) is 4.99 Å². The molecule has 0 spiro atoms. The van der Waals surface area contributed by atoms with Crippen LogP contribution >= 0.6 is 0 Å². The van der Waals surface area contributed by atoms with Crippen LogP contribution in [0.1, 0.15) is 6.42 Å². The molecule has 0 aromatic rings. The second-order valence-electron chi connectivity index (χ2n) is 1.16. The molecule has 0 fully saturated rings. The summed E-state index contributed by atoms with van der Waals surface area (Å²) >= 11 is 0. The van der Waals surface area contributed by atoms with Crippen LogP contribution in [0.25, 0.3) is 0 Å². The summed E-state index contributed by atoms with van der Waals surface area (Å²) in [7, 11) is 0. The quantitative estimate of drug-likeness (QED) is 0.408. The van der Waals surface area contributed by atoms with Crippen LogP contribution in [0.4, 0.5) is 0 Å². The summed E-state index contributed by atoms with van der Waals surface area (Å²) in [6, 6.07) is 0. The highest BCUT2D eigenvalue weighted by atomic mass is 14.7. The Morgan fingerprint density at radius 3 is 2.83 bits per heavy atom. The molecular weight excluding hydrogens is 74.1 g/mol. The average Bonchev–Trinajstić information content (AvgIpc) is 1.86. The largest absolute Gasteiger partial charge is 0.270 e. The highest BCUT2D eigenvalue weighted by molar-refractivity contribution is 5.80. The van der Waals surface area contributed by atoms with Crippen molar-refractivity contribution in [3.63, 3.8) is 0 Å². The Labute approximate surface area is 37.4 Å². The topological polar surface area (TPSA) is 12.4 Å². The zero-order valence-electron chi connectivity index (χ0n) is 3.36. The molecule has 1 rings (SSSR count). The molecule has 0 atom stereocenters. The Bertz CT molecular complexity index is 92.1. The number of aliphatic imine (C=N–C) groups is 1. The third kappa shape index (κ3) is 0.482. The molecule has 1 heterocycles. The lowest BCUT2D eigenvalue weighted by Crippen LogP contribution is -1.66. The molecule has 0 aromatic carbocycles. The van der Waals surface area contributed by atoms with E-state index < -0.39 is 0 Å². The van der Waals surface area contributed by atoms with Crippen molar-refractivity contribution >= 4 is 6.21 Å². The van der Waals surface area contributed by atoms with E-state index in [1.807, 2.05) is 0 Å². The SMILES string of the molecule is C=C1[C]=N[C]C1. The molecule has 0 aromatic heterocycles. The Morgan fingerprint density at radius 2 is 2.67 bits per heavy atom. The lowest BCUT2D eigenvalue weighted by atomic mass is 10.3. The van der Waals surface area contributed by atoms with Crippen LogP contribution in [-0.4, -0.2) is 6.21 Å². The second-order valence-corrected chi connectivity index (χ2v) is 1.16. The second kappa shape index (κ2) is 1.25. The van der Waals surface area contributed by atoms with E-state index >= 15 is 0 Å². The van der Waals surface area contributed by atoms with E-state index in [-0.39, 0.29) is 0 Å². The van der Waals surface area contributed by atoms with Crippen molar-refractivity contribution in [2.45, 2.75) is 6.42 Å². The van der Waals surface area contributed by atoms with Crippen LogP contribution in [0.3, 0.4) is 0 Å². The van der Waals surface area contributed by atoms with Crippen molar-refractivity contribution in [1.29, 1.82) is 0 Å². The van der Waals surface area contributed by atoms with E-state index in [0.29, 0.717) is 0 Å². The standard InChI is InChI=1S/C5H4N/c1-5-2-3-6-4-5/h1-2H2. The summed E-state index contributed by atoms with van der Waals surface area (Å²) in [5.74, 6) is 0. The van der Waals surface area contributed by atoms with E-state index in [2.05, 4.69) is 24.3 Å². The smallest absolute Gasteiger partial charge is 0.121 e. The fourth-order valence-corrected chi connectivity index (χ4v) is 0.293. The molecule has 0 bridgehead atoms. The maximum atomic E-state index is 3.59. The highest BCUT2D eigenvalue weighted by Crippen LogP contribution is 2.05. The minimum atomic E-state index is 0.764. The van der Waals surface area contributed by atoms with E-state index in [0.717, 1.165) is 12.0 Å². The van der Waals surface area contributed by atoms with Crippen molar-refractivity contribution in [2.75, 3.05) is 0 Å². The first-order valence-corrected chi connectivity index (χ1v) is 1.76. The van der Waals surface area contributed by atoms with Gasteiger partial charge in [-0.2, -0.15) is 0 Å². The molecule has 6 heavy (non-hydrogen) atoms. The van der Waals surface area contributed by atoms with Crippen molar-refractivity contribution in [3.05, 3.63) is 18.7 Å². The van der Waals surface area contributed by atoms with Crippen molar-refractivity contribution in [1.82, 2.24) is 0 Å². The van der Waals surface area contributed by atoms with Crippen molar-refractivity contribution in [2.24, 2.45) is 4.99 Å². The molecule has 0 saturated carbocycles. The summed E-state index contributed by atoms with van der Waals surface area (Å²) in [5, 5.41) is 0. The normalized spacial score (nSPS) is 19.7. The number of rotatable bonds is 0. The van der Waals surface area contributed by atoms with Gasteiger partial charge in [0.1, 0.15) is 6.54 Å². The summed E-state index contributed by atoms with van der Waals surface area (Å²) in [5.41, 5.74) is 0.926. The minimum absolute atomic E-state index is 0.764. The van der Waals surface area contributed by atoms with Crippen molar-refractivity contribution < 1.29 is 0 Å². The molecule has 3 radical (unpaired) electrons. The van der Waals surface area contributed by atoms with Gasteiger partial charge in [0.25, 0.3) is 0 Å². The van der Waals surface area contributed by atoms with Gasteiger partial charge in [-0.05, 0) is 5.57 Å². The lowest BCUT2D eigenvalue weighted by molar-refractivity contribution is 1.21. The first kappa shape index (κ1) is 3.59. The van der Waals surface area contributed by atoms with Crippen LogP contribution in [0.5, 0.6) is 0 Å². The van der Waals surface area contributed by atoms with Gasteiger partial charge in [-0.25, -0.2) is 0 Å². The van der Waals surface area contributed by atoms with Gasteiger partial charge in [0.2, 0.25) is 0 Å². The molecule has 1 aliphatic heterocycles. The third-order valence-electron chi connectivity index (χ3n) is 0.586. The van der Waals surface area contributed by atoms with Crippen LogP contribution in [0.2, 0.25) is 0 Å². The van der Waals surface area contributed by atoms with Gasteiger partial charge in [0, 0.05) is 6.42 Å². The Balaban J connectivity index is 2.59. The van der Waals surface area contributed by atoms with Gasteiger partial charge < -0.3 is 0 Å².